The number of hydrogen-bond donors (Lipinski definition) is 1. The van der Waals surface area contributed by atoms with Crippen LogP contribution in [0.4, 0.5) is 0 Å². The summed E-state index contributed by atoms with van der Waals surface area (Å²) in [5.41, 5.74) is 0. The second-order valence-corrected chi connectivity index (χ2v) is 4.11. The fourth-order valence-electron chi connectivity index (χ4n) is 1.48. The van der Waals surface area contributed by atoms with E-state index >= 15 is 0 Å². The summed E-state index contributed by atoms with van der Waals surface area (Å²) in [7, 11) is 0. The third-order valence-electron chi connectivity index (χ3n) is 2.24. The van der Waals surface area contributed by atoms with E-state index in [1.807, 2.05) is 13.8 Å². The molecule has 90 valence electrons. The molecule has 0 saturated carbocycles. The zero-order valence-electron chi connectivity index (χ0n) is 10.2. The van der Waals surface area contributed by atoms with Crippen LogP contribution < -0.4 is 5.32 Å². The molecule has 0 aliphatic carbocycles. The lowest BCUT2D eigenvalue weighted by molar-refractivity contribution is -0.117. The number of carbonyl (C=O) groups excluding carboxylic acids is 1. The maximum atomic E-state index is 11.6. The molecular weight excluding hydrogens is 204 g/mol. The van der Waals surface area contributed by atoms with Crippen LogP contribution in [0.5, 0.6) is 0 Å². The topological polar surface area (TPSA) is 59.8 Å². The number of carbonyl (C=O) groups is 1. The van der Waals surface area contributed by atoms with Gasteiger partial charge in [-0.2, -0.15) is 5.10 Å². The Kier molecular flexibility index (Phi) is 5.11. The third-order valence-corrected chi connectivity index (χ3v) is 2.24. The Morgan fingerprint density at radius 3 is 2.94 bits per heavy atom. The Hall–Kier alpha value is -1.23. The Bertz CT molecular complexity index is 332. The molecule has 0 aromatic carbocycles. The van der Waals surface area contributed by atoms with Gasteiger partial charge in [-0.25, -0.2) is 9.67 Å². The lowest BCUT2D eigenvalue weighted by Gasteiger charge is -2.08. The first-order valence-corrected chi connectivity index (χ1v) is 5.76. The Morgan fingerprint density at radius 1 is 1.56 bits per heavy atom. The normalized spacial score (nSPS) is 11.0. The molecule has 0 amide bonds. The molecule has 0 aliphatic rings. The molecule has 5 nitrogen and oxygen atoms in total. The molecule has 0 atom stereocenters. The van der Waals surface area contributed by atoms with Crippen LogP contribution >= 0.6 is 0 Å². The number of Topliss-reactive ketones (excluding diaryl/α,β-unsaturated/α-hetero) is 1. The standard InChI is InChI=1S/C11H20N4O/c1-4-5-12-7-10(16)6-11-13-8-14-15(11)9(2)3/h8-9,12H,4-7H2,1-3H3. The summed E-state index contributed by atoms with van der Waals surface area (Å²) in [6.07, 6.45) is 2.90. The average molecular weight is 224 g/mol. The van der Waals surface area contributed by atoms with Crippen molar-refractivity contribution in [3.05, 3.63) is 12.2 Å². The SMILES string of the molecule is CCCNCC(=O)Cc1ncnn1C(C)C. The maximum Gasteiger partial charge on any atom is 0.154 e. The summed E-state index contributed by atoms with van der Waals surface area (Å²) in [4.78, 5) is 15.7. The van der Waals surface area contributed by atoms with E-state index in [-0.39, 0.29) is 11.8 Å². The van der Waals surface area contributed by atoms with E-state index in [2.05, 4.69) is 22.3 Å². The quantitative estimate of drug-likeness (QED) is 0.701. The van der Waals surface area contributed by atoms with Crippen molar-refractivity contribution in [3.63, 3.8) is 0 Å². The highest BCUT2D eigenvalue weighted by Gasteiger charge is 2.11. The van der Waals surface area contributed by atoms with Crippen LogP contribution in [0.3, 0.4) is 0 Å². The molecule has 0 aliphatic heterocycles. The highest BCUT2D eigenvalue weighted by molar-refractivity contribution is 5.82. The monoisotopic (exact) mass is 224 g/mol. The van der Waals surface area contributed by atoms with Crippen LogP contribution in [-0.4, -0.2) is 33.6 Å². The van der Waals surface area contributed by atoms with Gasteiger partial charge in [0.2, 0.25) is 0 Å². The number of aromatic nitrogens is 3. The summed E-state index contributed by atoms with van der Waals surface area (Å²) in [5.74, 6) is 0.904. The fraction of sp³-hybridized carbons (Fsp3) is 0.727. The van der Waals surface area contributed by atoms with Crippen LogP contribution in [0.1, 0.15) is 39.1 Å². The van der Waals surface area contributed by atoms with E-state index in [1.54, 1.807) is 4.68 Å². The van der Waals surface area contributed by atoms with Crippen molar-refractivity contribution in [1.29, 1.82) is 0 Å². The molecule has 0 spiro atoms. The van der Waals surface area contributed by atoms with Gasteiger partial charge >= 0.3 is 0 Å². The summed E-state index contributed by atoms with van der Waals surface area (Å²) in [6.45, 7) is 7.42. The minimum absolute atomic E-state index is 0.156. The Balaban J connectivity index is 2.46. The van der Waals surface area contributed by atoms with E-state index < -0.39 is 0 Å². The smallest absolute Gasteiger partial charge is 0.154 e. The molecule has 1 aromatic rings. The van der Waals surface area contributed by atoms with Crippen LogP contribution in [0, 0.1) is 0 Å². The summed E-state index contributed by atoms with van der Waals surface area (Å²) in [6, 6.07) is 0.244. The van der Waals surface area contributed by atoms with E-state index in [9.17, 15) is 4.79 Å². The van der Waals surface area contributed by atoms with Gasteiger partial charge in [-0.1, -0.05) is 6.92 Å². The first kappa shape index (κ1) is 12.8. The van der Waals surface area contributed by atoms with Gasteiger partial charge in [-0.3, -0.25) is 4.79 Å². The van der Waals surface area contributed by atoms with Crippen molar-refractivity contribution in [2.75, 3.05) is 13.1 Å². The van der Waals surface area contributed by atoms with Crippen molar-refractivity contribution < 1.29 is 4.79 Å². The van der Waals surface area contributed by atoms with Crippen LogP contribution in [-0.2, 0) is 11.2 Å². The van der Waals surface area contributed by atoms with Gasteiger partial charge < -0.3 is 5.32 Å². The van der Waals surface area contributed by atoms with Crippen LogP contribution in [0.15, 0.2) is 6.33 Å². The third kappa shape index (κ3) is 3.73. The molecule has 0 saturated heterocycles. The second-order valence-electron chi connectivity index (χ2n) is 4.11. The molecule has 5 heteroatoms. The van der Waals surface area contributed by atoms with Gasteiger partial charge in [0.05, 0.1) is 13.0 Å². The zero-order valence-corrected chi connectivity index (χ0v) is 10.2. The number of ketones is 1. The molecule has 0 fully saturated rings. The van der Waals surface area contributed by atoms with E-state index in [0.717, 1.165) is 18.8 Å². The first-order chi connectivity index (χ1) is 7.65. The average Bonchev–Trinajstić information content (AvgIpc) is 2.66. The minimum atomic E-state index is 0.156. The number of hydrogen-bond acceptors (Lipinski definition) is 4. The first-order valence-electron chi connectivity index (χ1n) is 5.76. The molecule has 1 aromatic heterocycles. The van der Waals surface area contributed by atoms with E-state index in [1.165, 1.54) is 6.33 Å². The molecule has 0 radical (unpaired) electrons. The zero-order chi connectivity index (χ0) is 12.0. The lowest BCUT2D eigenvalue weighted by Crippen LogP contribution is -2.26. The van der Waals surface area contributed by atoms with E-state index in [4.69, 9.17) is 0 Å². The minimum Gasteiger partial charge on any atom is -0.310 e. The number of nitrogens with zero attached hydrogens (tertiary/aromatic N) is 3. The van der Waals surface area contributed by atoms with Gasteiger partial charge in [0, 0.05) is 6.04 Å². The van der Waals surface area contributed by atoms with Crippen molar-refractivity contribution in [2.24, 2.45) is 0 Å². The van der Waals surface area contributed by atoms with Crippen molar-refractivity contribution in [3.8, 4) is 0 Å². The number of rotatable bonds is 7. The summed E-state index contributed by atoms with van der Waals surface area (Å²) < 4.78 is 1.79. The fourth-order valence-corrected chi connectivity index (χ4v) is 1.48. The predicted molar refractivity (Wildman–Crippen MR) is 62.3 cm³/mol. The van der Waals surface area contributed by atoms with Gasteiger partial charge in [-0.15, -0.1) is 0 Å². The summed E-state index contributed by atoms with van der Waals surface area (Å²) >= 11 is 0. The predicted octanol–water partition coefficient (Wildman–Crippen LogP) is 0.970. The molecular formula is C11H20N4O. The molecule has 0 bridgehead atoms. The number of nitrogens with one attached hydrogen (secondary N) is 1. The van der Waals surface area contributed by atoms with Gasteiger partial charge in [0.1, 0.15) is 12.2 Å². The maximum absolute atomic E-state index is 11.6. The lowest BCUT2D eigenvalue weighted by atomic mass is 10.2. The largest absolute Gasteiger partial charge is 0.310 e. The van der Waals surface area contributed by atoms with Crippen molar-refractivity contribution in [2.45, 2.75) is 39.7 Å². The van der Waals surface area contributed by atoms with Gasteiger partial charge in [0.15, 0.2) is 5.78 Å². The van der Waals surface area contributed by atoms with Gasteiger partial charge in [0.25, 0.3) is 0 Å². The highest BCUT2D eigenvalue weighted by atomic mass is 16.1. The molecule has 1 heterocycles. The van der Waals surface area contributed by atoms with E-state index in [0.29, 0.717) is 13.0 Å². The summed E-state index contributed by atoms with van der Waals surface area (Å²) in [5, 5.41) is 7.19. The second kappa shape index (κ2) is 6.37. The molecule has 16 heavy (non-hydrogen) atoms. The molecule has 1 rings (SSSR count). The Morgan fingerprint density at radius 2 is 2.31 bits per heavy atom. The molecule has 1 N–H and O–H groups in total. The van der Waals surface area contributed by atoms with Crippen molar-refractivity contribution >= 4 is 5.78 Å². The molecule has 0 unspecified atom stereocenters. The Labute approximate surface area is 96.3 Å². The van der Waals surface area contributed by atoms with Crippen LogP contribution in [0.2, 0.25) is 0 Å². The highest BCUT2D eigenvalue weighted by Crippen LogP contribution is 2.05. The van der Waals surface area contributed by atoms with Crippen LogP contribution in [0.25, 0.3) is 0 Å². The van der Waals surface area contributed by atoms with Crippen molar-refractivity contribution in [1.82, 2.24) is 20.1 Å². The van der Waals surface area contributed by atoms with Gasteiger partial charge in [-0.05, 0) is 26.8 Å².